The van der Waals surface area contributed by atoms with E-state index in [9.17, 15) is 4.79 Å². The highest BCUT2D eigenvalue weighted by Crippen LogP contribution is 2.18. The Morgan fingerprint density at radius 3 is 3.00 bits per heavy atom. The van der Waals surface area contributed by atoms with Gasteiger partial charge >= 0.3 is 0 Å². The largest absolute Gasteiger partial charge is 0.471 e. The van der Waals surface area contributed by atoms with Crippen LogP contribution in [-0.4, -0.2) is 29.2 Å². The summed E-state index contributed by atoms with van der Waals surface area (Å²) < 4.78 is 5.77. The zero-order valence-electron chi connectivity index (χ0n) is 6.71. The number of hydrogen-bond acceptors (Lipinski definition) is 4. The van der Waals surface area contributed by atoms with E-state index < -0.39 is 0 Å². The third-order valence-electron chi connectivity index (χ3n) is 1.79. The van der Waals surface area contributed by atoms with Crippen molar-refractivity contribution in [1.29, 1.82) is 0 Å². The quantitative estimate of drug-likeness (QED) is 0.763. The molecule has 2 rings (SSSR count). The summed E-state index contributed by atoms with van der Waals surface area (Å²) in [6, 6.07) is 0. The van der Waals surface area contributed by atoms with Gasteiger partial charge in [0.25, 0.3) is 5.56 Å². The third kappa shape index (κ3) is 1.73. The van der Waals surface area contributed by atoms with Crippen molar-refractivity contribution in [3.8, 4) is 5.88 Å². The van der Waals surface area contributed by atoms with Crippen molar-refractivity contribution in [1.82, 2.24) is 15.3 Å². The van der Waals surface area contributed by atoms with Crippen molar-refractivity contribution in [2.45, 2.75) is 6.10 Å². The van der Waals surface area contributed by atoms with Gasteiger partial charge in [-0.1, -0.05) is 0 Å². The monoisotopic (exact) mass is 245 g/mol. The van der Waals surface area contributed by atoms with E-state index in [4.69, 9.17) is 4.74 Å². The van der Waals surface area contributed by atoms with Gasteiger partial charge in [0.1, 0.15) is 10.6 Å². The minimum atomic E-state index is -0.225. The fourth-order valence-electron chi connectivity index (χ4n) is 0.952. The molecule has 0 aliphatic carbocycles. The van der Waals surface area contributed by atoms with E-state index in [0.717, 1.165) is 13.1 Å². The lowest BCUT2D eigenvalue weighted by molar-refractivity contribution is 0.134. The second kappa shape index (κ2) is 3.47. The summed E-state index contributed by atoms with van der Waals surface area (Å²) in [4.78, 5) is 17.4. The van der Waals surface area contributed by atoms with E-state index >= 15 is 0 Å². The molecule has 1 aromatic heterocycles. The van der Waals surface area contributed by atoms with Gasteiger partial charge in [-0.15, -0.1) is 0 Å². The van der Waals surface area contributed by atoms with Gasteiger partial charge in [0.05, 0.1) is 6.33 Å². The van der Waals surface area contributed by atoms with Crippen LogP contribution < -0.4 is 15.6 Å². The zero-order chi connectivity index (χ0) is 9.26. The van der Waals surface area contributed by atoms with E-state index in [1.54, 1.807) is 0 Å². The average Bonchev–Trinajstić information content (AvgIpc) is 2.04. The lowest BCUT2D eigenvalue weighted by atomic mass is 10.2. The lowest BCUT2D eigenvalue weighted by Gasteiger charge is -2.27. The van der Waals surface area contributed by atoms with Crippen LogP contribution in [0.15, 0.2) is 15.6 Å². The molecule has 1 fully saturated rings. The van der Waals surface area contributed by atoms with Crippen molar-refractivity contribution >= 4 is 15.9 Å². The van der Waals surface area contributed by atoms with Crippen LogP contribution in [0.5, 0.6) is 5.88 Å². The average molecular weight is 246 g/mol. The minimum absolute atomic E-state index is 0.130. The Morgan fingerprint density at radius 2 is 2.38 bits per heavy atom. The molecular weight excluding hydrogens is 238 g/mol. The SMILES string of the molecule is O=c1[nH]cnc(OC2CNC2)c1Br. The van der Waals surface area contributed by atoms with E-state index in [-0.39, 0.29) is 11.7 Å². The Balaban J connectivity index is 2.19. The van der Waals surface area contributed by atoms with Crippen LogP contribution in [0.1, 0.15) is 0 Å². The van der Waals surface area contributed by atoms with Crippen LogP contribution in [-0.2, 0) is 0 Å². The van der Waals surface area contributed by atoms with Crippen molar-refractivity contribution in [3.05, 3.63) is 21.2 Å². The molecule has 5 nitrogen and oxygen atoms in total. The summed E-state index contributed by atoms with van der Waals surface area (Å²) in [7, 11) is 0. The number of nitrogens with one attached hydrogen (secondary N) is 2. The molecule has 13 heavy (non-hydrogen) atoms. The number of aromatic amines is 1. The molecule has 1 saturated heterocycles. The van der Waals surface area contributed by atoms with Gasteiger partial charge in [0.2, 0.25) is 5.88 Å². The Kier molecular flexibility index (Phi) is 2.32. The van der Waals surface area contributed by atoms with Gasteiger partial charge in [-0.25, -0.2) is 4.98 Å². The number of nitrogens with zero attached hydrogens (tertiary/aromatic N) is 1. The van der Waals surface area contributed by atoms with Crippen LogP contribution in [0.3, 0.4) is 0 Å². The van der Waals surface area contributed by atoms with Crippen LogP contribution in [0.4, 0.5) is 0 Å². The summed E-state index contributed by atoms with van der Waals surface area (Å²) in [6.07, 6.45) is 1.46. The number of H-pyrrole nitrogens is 1. The Hall–Kier alpha value is -0.880. The molecule has 0 spiro atoms. The first-order valence-electron chi connectivity index (χ1n) is 3.88. The van der Waals surface area contributed by atoms with Crippen LogP contribution in [0.25, 0.3) is 0 Å². The van der Waals surface area contributed by atoms with Crippen LogP contribution >= 0.6 is 15.9 Å². The molecule has 0 bridgehead atoms. The van der Waals surface area contributed by atoms with Gasteiger partial charge < -0.3 is 15.0 Å². The topological polar surface area (TPSA) is 67.0 Å². The van der Waals surface area contributed by atoms with Crippen LogP contribution in [0.2, 0.25) is 0 Å². The molecule has 1 aliphatic rings. The second-order valence-electron chi connectivity index (χ2n) is 2.75. The predicted molar refractivity (Wildman–Crippen MR) is 49.8 cm³/mol. The normalized spacial score (nSPS) is 16.7. The van der Waals surface area contributed by atoms with Gasteiger partial charge in [-0.05, 0) is 15.9 Å². The number of rotatable bonds is 2. The number of aromatic nitrogens is 2. The fourth-order valence-corrected chi connectivity index (χ4v) is 1.26. The Labute approximate surface area is 82.7 Å². The highest BCUT2D eigenvalue weighted by atomic mass is 79.9. The maximum Gasteiger partial charge on any atom is 0.268 e. The number of ether oxygens (including phenoxy) is 1. The second-order valence-corrected chi connectivity index (χ2v) is 3.54. The van der Waals surface area contributed by atoms with E-state index in [1.807, 2.05) is 0 Å². The standard InChI is InChI=1S/C7H8BrN3O2/c8-5-6(12)10-3-11-7(5)13-4-1-9-2-4/h3-4,9H,1-2H2,(H,10,11,12). The summed E-state index contributed by atoms with van der Waals surface area (Å²) in [5.41, 5.74) is -0.225. The molecule has 0 amide bonds. The molecule has 1 aromatic rings. The van der Waals surface area contributed by atoms with Crippen molar-refractivity contribution in [3.63, 3.8) is 0 Å². The molecule has 6 heteroatoms. The molecule has 70 valence electrons. The van der Waals surface area contributed by atoms with Crippen LogP contribution in [0, 0.1) is 0 Å². The molecule has 0 saturated carbocycles. The highest BCUT2D eigenvalue weighted by molar-refractivity contribution is 9.10. The first-order valence-corrected chi connectivity index (χ1v) is 4.67. The minimum Gasteiger partial charge on any atom is -0.471 e. The van der Waals surface area contributed by atoms with E-state index in [2.05, 4.69) is 31.2 Å². The molecular formula is C7H8BrN3O2. The van der Waals surface area contributed by atoms with Crippen molar-refractivity contribution in [2.24, 2.45) is 0 Å². The smallest absolute Gasteiger partial charge is 0.268 e. The van der Waals surface area contributed by atoms with Crippen molar-refractivity contribution in [2.75, 3.05) is 13.1 Å². The van der Waals surface area contributed by atoms with E-state index in [0.29, 0.717) is 10.4 Å². The molecule has 1 aliphatic heterocycles. The van der Waals surface area contributed by atoms with Gasteiger partial charge in [0.15, 0.2) is 0 Å². The summed E-state index contributed by atoms with van der Waals surface area (Å²) in [5.74, 6) is 0.357. The number of hydrogen-bond donors (Lipinski definition) is 2. The summed E-state index contributed by atoms with van der Waals surface area (Å²) >= 11 is 3.11. The molecule has 0 atom stereocenters. The van der Waals surface area contributed by atoms with E-state index in [1.165, 1.54) is 6.33 Å². The maximum absolute atomic E-state index is 11.1. The molecule has 0 unspecified atom stereocenters. The Bertz CT molecular complexity index is 361. The Morgan fingerprint density at radius 1 is 1.62 bits per heavy atom. The molecule has 0 radical (unpaired) electrons. The first kappa shape index (κ1) is 8.71. The molecule has 2 N–H and O–H groups in total. The maximum atomic E-state index is 11.1. The highest BCUT2D eigenvalue weighted by Gasteiger charge is 2.20. The third-order valence-corrected chi connectivity index (χ3v) is 2.49. The van der Waals surface area contributed by atoms with Crippen molar-refractivity contribution < 1.29 is 4.74 Å². The molecule has 2 heterocycles. The van der Waals surface area contributed by atoms with Gasteiger partial charge in [-0.2, -0.15) is 0 Å². The molecule has 0 aromatic carbocycles. The van der Waals surface area contributed by atoms with Gasteiger partial charge in [0, 0.05) is 13.1 Å². The predicted octanol–water partition coefficient (Wildman–Crippen LogP) is -0.117. The summed E-state index contributed by atoms with van der Waals surface area (Å²) in [5, 5.41) is 3.06. The summed E-state index contributed by atoms with van der Waals surface area (Å²) in [6.45, 7) is 1.61. The lowest BCUT2D eigenvalue weighted by Crippen LogP contribution is -2.50. The zero-order valence-corrected chi connectivity index (χ0v) is 8.30. The van der Waals surface area contributed by atoms with Gasteiger partial charge in [-0.3, -0.25) is 4.79 Å². The number of halogens is 1. The first-order chi connectivity index (χ1) is 6.27. The fraction of sp³-hybridized carbons (Fsp3) is 0.429.